The lowest BCUT2D eigenvalue weighted by atomic mass is 9.97. The van der Waals surface area contributed by atoms with Crippen LogP contribution >= 0.6 is 23.1 Å². The Morgan fingerprint density at radius 3 is 3.00 bits per heavy atom. The number of aryl methyl sites for hydroxylation is 3. The molecule has 6 rings (SSSR count). The summed E-state index contributed by atoms with van der Waals surface area (Å²) in [5.74, 6) is 0.803. The molecule has 31 heavy (non-hydrogen) atoms. The second kappa shape index (κ2) is 7.31. The SMILES string of the molecule is Cc1ccccc1NC(=O)CSc1nnc2n3ncnc3c3c4c(sc3n12)CCCC4. The topological polar surface area (TPSA) is 89.5 Å². The number of hydrogen-bond acceptors (Lipinski definition) is 7. The van der Waals surface area contributed by atoms with Gasteiger partial charge in [-0.25, -0.2) is 9.38 Å². The number of carbonyl (C=O) groups excluding carboxylic acids is 1. The van der Waals surface area contributed by atoms with Gasteiger partial charge in [0.15, 0.2) is 10.8 Å². The molecule has 0 aliphatic heterocycles. The molecule has 10 heteroatoms. The second-order valence-electron chi connectivity index (χ2n) is 7.66. The molecule has 4 aromatic heterocycles. The van der Waals surface area contributed by atoms with E-state index in [1.807, 2.05) is 35.6 Å². The predicted molar refractivity (Wildman–Crippen MR) is 122 cm³/mol. The fraction of sp³-hybridized carbons (Fsp3) is 0.286. The van der Waals surface area contributed by atoms with Crippen LogP contribution < -0.4 is 5.32 Å². The zero-order chi connectivity index (χ0) is 20.9. The number of anilines is 1. The first-order valence-electron chi connectivity index (χ1n) is 10.2. The van der Waals surface area contributed by atoms with E-state index in [0.717, 1.165) is 40.0 Å². The number of nitrogens with one attached hydrogen (secondary N) is 1. The van der Waals surface area contributed by atoms with Crippen molar-refractivity contribution in [2.75, 3.05) is 11.1 Å². The summed E-state index contributed by atoms with van der Waals surface area (Å²) in [6.45, 7) is 1.98. The Morgan fingerprint density at radius 1 is 1.23 bits per heavy atom. The number of carbonyl (C=O) groups is 1. The zero-order valence-electron chi connectivity index (χ0n) is 16.8. The highest BCUT2D eigenvalue weighted by atomic mass is 32.2. The van der Waals surface area contributed by atoms with E-state index in [-0.39, 0.29) is 11.7 Å². The summed E-state index contributed by atoms with van der Waals surface area (Å²) in [6.07, 6.45) is 6.14. The van der Waals surface area contributed by atoms with E-state index in [9.17, 15) is 4.79 Å². The number of thioether (sulfide) groups is 1. The molecule has 0 bridgehead atoms. The number of aromatic nitrogens is 6. The molecule has 1 aliphatic rings. The van der Waals surface area contributed by atoms with Gasteiger partial charge in [0, 0.05) is 10.6 Å². The average Bonchev–Trinajstić information content (AvgIpc) is 3.49. The van der Waals surface area contributed by atoms with Crippen molar-refractivity contribution in [3.8, 4) is 0 Å². The van der Waals surface area contributed by atoms with Crippen LogP contribution in [-0.4, -0.2) is 40.9 Å². The largest absolute Gasteiger partial charge is 0.325 e. The third-order valence-corrected chi connectivity index (χ3v) is 7.89. The minimum absolute atomic E-state index is 0.0698. The first-order valence-corrected chi connectivity index (χ1v) is 12.0. The van der Waals surface area contributed by atoms with Gasteiger partial charge in [-0.15, -0.1) is 21.5 Å². The monoisotopic (exact) mass is 449 g/mol. The molecular weight excluding hydrogens is 430 g/mol. The van der Waals surface area contributed by atoms with Crippen molar-refractivity contribution in [2.45, 2.75) is 37.8 Å². The van der Waals surface area contributed by atoms with Gasteiger partial charge in [0.2, 0.25) is 5.91 Å². The quantitative estimate of drug-likeness (QED) is 0.419. The van der Waals surface area contributed by atoms with E-state index in [4.69, 9.17) is 0 Å². The van der Waals surface area contributed by atoms with Crippen LogP contribution in [0.15, 0.2) is 35.7 Å². The lowest BCUT2D eigenvalue weighted by molar-refractivity contribution is -0.113. The van der Waals surface area contributed by atoms with Gasteiger partial charge < -0.3 is 5.32 Å². The molecule has 0 saturated heterocycles. The normalized spacial score (nSPS) is 13.8. The van der Waals surface area contributed by atoms with Gasteiger partial charge in [-0.2, -0.15) is 9.61 Å². The number of benzene rings is 1. The van der Waals surface area contributed by atoms with Crippen molar-refractivity contribution in [3.63, 3.8) is 0 Å². The Bertz CT molecular complexity index is 1470. The molecular formula is C21H19N7OS2. The molecule has 8 nitrogen and oxygen atoms in total. The molecule has 0 radical (unpaired) electrons. The zero-order valence-corrected chi connectivity index (χ0v) is 18.5. The minimum atomic E-state index is -0.0698. The Hall–Kier alpha value is -2.98. The van der Waals surface area contributed by atoms with Crippen molar-refractivity contribution in [3.05, 3.63) is 46.6 Å². The first kappa shape index (κ1) is 18.8. The average molecular weight is 450 g/mol. The molecule has 156 valence electrons. The number of hydrogen-bond donors (Lipinski definition) is 1. The maximum absolute atomic E-state index is 12.6. The number of nitrogens with zero attached hydrogens (tertiary/aromatic N) is 6. The molecule has 1 aliphatic carbocycles. The van der Waals surface area contributed by atoms with Crippen LogP contribution in [-0.2, 0) is 17.6 Å². The molecule has 0 fully saturated rings. The number of fused-ring (bicyclic) bond motifs is 8. The smallest absolute Gasteiger partial charge is 0.260 e. The minimum Gasteiger partial charge on any atom is -0.325 e. The van der Waals surface area contributed by atoms with E-state index in [1.54, 1.807) is 22.2 Å². The molecule has 4 heterocycles. The van der Waals surface area contributed by atoms with Crippen LogP contribution in [0.25, 0.3) is 21.6 Å². The molecule has 0 unspecified atom stereocenters. The molecule has 0 saturated carbocycles. The lowest BCUT2D eigenvalue weighted by Gasteiger charge is -2.10. The molecule has 1 N–H and O–H groups in total. The number of thiophene rings is 1. The predicted octanol–water partition coefficient (Wildman–Crippen LogP) is 3.90. The van der Waals surface area contributed by atoms with Gasteiger partial charge >= 0.3 is 0 Å². The third kappa shape index (κ3) is 3.01. The Labute approximate surface area is 185 Å². The van der Waals surface area contributed by atoms with E-state index >= 15 is 0 Å². The summed E-state index contributed by atoms with van der Waals surface area (Å²) in [6, 6.07) is 7.76. The fourth-order valence-electron chi connectivity index (χ4n) is 4.20. The Balaban J connectivity index is 1.40. The highest BCUT2D eigenvalue weighted by molar-refractivity contribution is 7.99. The molecule has 0 atom stereocenters. The van der Waals surface area contributed by atoms with Gasteiger partial charge in [-0.3, -0.25) is 4.79 Å². The van der Waals surface area contributed by atoms with Crippen molar-refractivity contribution in [1.82, 2.24) is 29.2 Å². The van der Waals surface area contributed by atoms with Gasteiger partial charge in [-0.05, 0) is 49.8 Å². The number of para-hydroxylation sites is 1. The third-order valence-electron chi connectivity index (χ3n) is 5.68. The van der Waals surface area contributed by atoms with Crippen molar-refractivity contribution in [1.29, 1.82) is 0 Å². The lowest BCUT2D eigenvalue weighted by Crippen LogP contribution is -2.15. The summed E-state index contributed by atoms with van der Waals surface area (Å²) in [5.41, 5.74) is 4.08. The van der Waals surface area contributed by atoms with E-state index in [1.165, 1.54) is 35.0 Å². The summed E-state index contributed by atoms with van der Waals surface area (Å²) < 4.78 is 3.79. The summed E-state index contributed by atoms with van der Waals surface area (Å²) in [7, 11) is 0. The molecule has 1 aromatic carbocycles. The summed E-state index contributed by atoms with van der Waals surface area (Å²) in [5, 5.41) is 18.0. The fourth-order valence-corrected chi connectivity index (χ4v) is 6.37. The highest BCUT2D eigenvalue weighted by Gasteiger charge is 2.24. The summed E-state index contributed by atoms with van der Waals surface area (Å²) in [4.78, 5) is 19.6. The Morgan fingerprint density at radius 2 is 2.10 bits per heavy atom. The van der Waals surface area contributed by atoms with Gasteiger partial charge in [0.25, 0.3) is 5.78 Å². The van der Waals surface area contributed by atoms with Gasteiger partial charge in [-0.1, -0.05) is 30.0 Å². The van der Waals surface area contributed by atoms with Crippen molar-refractivity contribution < 1.29 is 4.79 Å². The number of amides is 1. The summed E-state index contributed by atoms with van der Waals surface area (Å²) >= 11 is 3.18. The van der Waals surface area contributed by atoms with Crippen molar-refractivity contribution in [2.24, 2.45) is 0 Å². The highest BCUT2D eigenvalue weighted by Crippen LogP contribution is 2.39. The van der Waals surface area contributed by atoms with Gasteiger partial charge in [0.1, 0.15) is 11.2 Å². The van der Waals surface area contributed by atoms with Crippen LogP contribution in [0.1, 0.15) is 28.8 Å². The van der Waals surface area contributed by atoms with Crippen LogP contribution in [0, 0.1) is 6.92 Å². The van der Waals surface area contributed by atoms with Crippen LogP contribution in [0.2, 0.25) is 0 Å². The van der Waals surface area contributed by atoms with Crippen LogP contribution in [0.4, 0.5) is 5.69 Å². The molecule has 5 aromatic rings. The van der Waals surface area contributed by atoms with Crippen LogP contribution in [0.5, 0.6) is 0 Å². The van der Waals surface area contributed by atoms with Crippen LogP contribution in [0.3, 0.4) is 0 Å². The van der Waals surface area contributed by atoms with Gasteiger partial charge in [0.05, 0.1) is 11.1 Å². The molecule has 1 amide bonds. The first-order chi connectivity index (χ1) is 15.2. The Kier molecular flexibility index (Phi) is 4.43. The van der Waals surface area contributed by atoms with Crippen molar-refractivity contribution >= 4 is 56.3 Å². The van der Waals surface area contributed by atoms with E-state index < -0.39 is 0 Å². The standard InChI is InChI=1S/C21H19N7OS2/c1-12-6-2-4-8-14(12)24-16(29)10-30-21-26-25-20-27(21)19-17(18-22-11-23-28(18)20)13-7-3-5-9-15(13)31-19/h2,4,6,8,11H,3,5,7,9-10H2,1H3,(H,24,29). The molecule has 0 spiro atoms. The van der Waals surface area contributed by atoms with E-state index in [0.29, 0.717) is 10.9 Å². The second-order valence-corrected chi connectivity index (χ2v) is 9.68. The maximum atomic E-state index is 12.6. The number of rotatable bonds is 4. The maximum Gasteiger partial charge on any atom is 0.260 e. The van der Waals surface area contributed by atoms with E-state index in [2.05, 4.69) is 25.6 Å².